The Morgan fingerprint density at radius 2 is 1.81 bits per heavy atom. The first-order valence-electron chi connectivity index (χ1n) is 9.12. The lowest BCUT2D eigenvalue weighted by Crippen LogP contribution is -2.50. The van der Waals surface area contributed by atoms with Crippen molar-refractivity contribution in [3.05, 3.63) is 35.9 Å². The molecule has 148 valence electrons. The normalized spacial score (nSPS) is 19.3. The third-order valence-corrected chi connectivity index (χ3v) is 4.86. The first-order valence-corrected chi connectivity index (χ1v) is 9.12. The van der Waals surface area contributed by atoms with E-state index in [1.165, 1.54) is 16.9 Å². The average molecular weight is 375 g/mol. The Kier molecular flexibility index (Phi) is 6.96. The number of carbonyl (C=O) groups is 3. The predicted molar refractivity (Wildman–Crippen MR) is 102 cm³/mol. The quantitative estimate of drug-likeness (QED) is 0.501. The Hall–Kier alpha value is -2.41. The second-order valence-corrected chi connectivity index (χ2v) is 7.34. The van der Waals surface area contributed by atoms with Gasteiger partial charge in [0.05, 0.1) is 13.7 Å². The van der Waals surface area contributed by atoms with Gasteiger partial charge in [0.2, 0.25) is 11.8 Å². The van der Waals surface area contributed by atoms with Crippen molar-refractivity contribution in [2.24, 2.45) is 5.92 Å². The molecule has 1 aromatic rings. The summed E-state index contributed by atoms with van der Waals surface area (Å²) in [6, 6.07) is 9.12. The highest BCUT2D eigenvalue weighted by Crippen LogP contribution is 2.23. The van der Waals surface area contributed by atoms with E-state index in [-0.39, 0.29) is 30.3 Å². The van der Waals surface area contributed by atoms with Gasteiger partial charge < -0.3 is 14.5 Å². The van der Waals surface area contributed by atoms with Crippen LogP contribution < -0.4 is 0 Å². The zero-order valence-corrected chi connectivity index (χ0v) is 16.7. The van der Waals surface area contributed by atoms with Crippen LogP contribution in [-0.2, 0) is 25.7 Å². The number of rotatable bonds is 8. The van der Waals surface area contributed by atoms with Gasteiger partial charge in [-0.3, -0.25) is 14.5 Å². The summed E-state index contributed by atoms with van der Waals surface area (Å²) in [6.45, 7) is 5.05. The molecule has 1 aliphatic rings. The van der Waals surface area contributed by atoms with Crippen molar-refractivity contribution in [1.82, 2.24) is 14.7 Å². The monoisotopic (exact) mass is 375 g/mol. The number of likely N-dealkylation sites (N-methyl/N-ethyl adjacent to an activating group) is 2. The number of hydrogen-bond donors (Lipinski definition) is 0. The van der Waals surface area contributed by atoms with Crippen molar-refractivity contribution < 1.29 is 19.1 Å². The number of carbonyl (C=O) groups excluding carboxylic acids is 3. The maximum atomic E-state index is 12.6. The molecular weight excluding hydrogens is 346 g/mol. The summed E-state index contributed by atoms with van der Waals surface area (Å²) in [7, 11) is 4.50. The van der Waals surface area contributed by atoms with Crippen molar-refractivity contribution in [1.29, 1.82) is 0 Å². The summed E-state index contributed by atoms with van der Waals surface area (Å²) in [5.41, 5.74) is 1.16. The predicted octanol–water partition coefficient (Wildman–Crippen LogP) is 0.985. The summed E-state index contributed by atoms with van der Waals surface area (Å²) in [5, 5.41) is 0. The molecule has 7 nitrogen and oxygen atoms in total. The first kappa shape index (κ1) is 20.9. The smallest absolute Gasteiger partial charge is 0.328 e. The van der Waals surface area contributed by atoms with Crippen molar-refractivity contribution in [3.63, 3.8) is 0 Å². The van der Waals surface area contributed by atoms with Gasteiger partial charge in [-0.05, 0) is 11.5 Å². The number of methoxy groups -OCH3 is 1. The standard InChI is InChI=1S/C20H29N3O4/c1-14(2)18(20(26)27-5)22(4)17(24)13-21(3)19(25)16-12-23(16)11-15-9-7-6-8-10-15/h6-10,14,16,18H,11-13H2,1-5H3/t16?,18-,23?/m0/s1. The lowest BCUT2D eigenvalue weighted by atomic mass is 10.0. The molecule has 0 aromatic heterocycles. The van der Waals surface area contributed by atoms with E-state index in [1.54, 1.807) is 14.1 Å². The van der Waals surface area contributed by atoms with Crippen LogP contribution in [0.4, 0.5) is 0 Å². The fourth-order valence-corrected chi connectivity index (χ4v) is 3.20. The second kappa shape index (κ2) is 8.99. The van der Waals surface area contributed by atoms with Crippen LogP contribution in [0, 0.1) is 5.92 Å². The van der Waals surface area contributed by atoms with Crippen molar-refractivity contribution >= 4 is 17.8 Å². The first-order chi connectivity index (χ1) is 12.8. The van der Waals surface area contributed by atoms with Gasteiger partial charge >= 0.3 is 5.97 Å². The zero-order valence-electron chi connectivity index (χ0n) is 16.7. The molecule has 2 rings (SSSR count). The fraction of sp³-hybridized carbons (Fsp3) is 0.550. The molecule has 0 radical (unpaired) electrons. The number of ether oxygens (including phenoxy) is 1. The molecule has 2 unspecified atom stereocenters. The third kappa shape index (κ3) is 5.29. The van der Waals surface area contributed by atoms with Gasteiger partial charge in [-0.2, -0.15) is 0 Å². The molecule has 0 bridgehead atoms. The van der Waals surface area contributed by atoms with E-state index in [9.17, 15) is 14.4 Å². The molecule has 0 saturated carbocycles. The maximum Gasteiger partial charge on any atom is 0.328 e. The van der Waals surface area contributed by atoms with Gasteiger partial charge in [-0.1, -0.05) is 44.2 Å². The molecule has 7 heteroatoms. The van der Waals surface area contributed by atoms with E-state index < -0.39 is 12.0 Å². The molecule has 0 aliphatic carbocycles. The number of hydrogen-bond acceptors (Lipinski definition) is 5. The molecular formula is C20H29N3O4. The Morgan fingerprint density at radius 3 is 2.37 bits per heavy atom. The van der Waals surface area contributed by atoms with E-state index in [2.05, 4.69) is 4.90 Å². The summed E-state index contributed by atoms with van der Waals surface area (Å²) in [5.74, 6) is -0.902. The number of benzene rings is 1. The minimum atomic E-state index is -0.665. The second-order valence-electron chi connectivity index (χ2n) is 7.34. The molecule has 27 heavy (non-hydrogen) atoms. The molecule has 2 amide bonds. The van der Waals surface area contributed by atoms with Gasteiger partial charge in [0.1, 0.15) is 12.1 Å². The van der Waals surface area contributed by atoms with E-state index in [1.807, 2.05) is 44.2 Å². The van der Waals surface area contributed by atoms with Crippen LogP contribution in [0.1, 0.15) is 19.4 Å². The molecule has 1 aliphatic heterocycles. The highest BCUT2D eigenvalue weighted by molar-refractivity contribution is 5.90. The summed E-state index contributed by atoms with van der Waals surface area (Å²) in [4.78, 5) is 41.9. The maximum absolute atomic E-state index is 12.6. The molecule has 1 saturated heterocycles. The van der Waals surface area contributed by atoms with Gasteiger partial charge in [0, 0.05) is 27.2 Å². The molecule has 1 heterocycles. The van der Waals surface area contributed by atoms with Crippen LogP contribution in [0.25, 0.3) is 0 Å². The lowest BCUT2D eigenvalue weighted by Gasteiger charge is -2.30. The van der Waals surface area contributed by atoms with Gasteiger partial charge in [-0.25, -0.2) is 4.79 Å². The van der Waals surface area contributed by atoms with Crippen molar-refractivity contribution in [3.8, 4) is 0 Å². The Balaban J connectivity index is 1.88. The van der Waals surface area contributed by atoms with Crippen LogP contribution in [0.2, 0.25) is 0 Å². The lowest BCUT2D eigenvalue weighted by molar-refractivity contribution is -0.154. The largest absolute Gasteiger partial charge is 0.467 e. The fourth-order valence-electron chi connectivity index (χ4n) is 3.20. The van der Waals surface area contributed by atoms with Crippen LogP contribution in [-0.4, -0.2) is 78.9 Å². The van der Waals surface area contributed by atoms with Gasteiger partial charge in [0.15, 0.2) is 0 Å². The van der Waals surface area contributed by atoms with Crippen LogP contribution in [0.3, 0.4) is 0 Å². The SMILES string of the molecule is COC(=O)[C@H](C(C)C)N(C)C(=O)CN(C)C(=O)C1CN1Cc1ccccc1. The molecule has 0 spiro atoms. The van der Waals surface area contributed by atoms with Gasteiger partial charge in [-0.15, -0.1) is 0 Å². The van der Waals surface area contributed by atoms with Crippen molar-refractivity contribution in [2.75, 3.05) is 34.3 Å². The van der Waals surface area contributed by atoms with Crippen LogP contribution >= 0.6 is 0 Å². The molecule has 3 atom stereocenters. The Morgan fingerprint density at radius 1 is 1.19 bits per heavy atom. The Labute approximate surface area is 160 Å². The van der Waals surface area contributed by atoms with Gasteiger partial charge in [0.25, 0.3) is 0 Å². The van der Waals surface area contributed by atoms with Crippen LogP contribution in [0.15, 0.2) is 30.3 Å². The highest BCUT2D eigenvalue weighted by Gasteiger charge is 2.42. The van der Waals surface area contributed by atoms with E-state index in [0.717, 1.165) is 12.1 Å². The number of amides is 2. The Bertz CT molecular complexity index is 677. The minimum absolute atomic E-state index is 0.0643. The van der Waals surface area contributed by atoms with E-state index in [0.29, 0.717) is 6.54 Å². The topological polar surface area (TPSA) is 69.9 Å². The van der Waals surface area contributed by atoms with E-state index >= 15 is 0 Å². The molecule has 0 N–H and O–H groups in total. The summed E-state index contributed by atoms with van der Waals surface area (Å²) < 4.78 is 4.80. The minimum Gasteiger partial charge on any atom is -0.467 e. The molecule has 1 aromatic carbocycles. The summed E-state index contributed by atoms with van der Waals surface area (Å²) in [6.07, 6.45) is 0. The number of nitrogens with zero attached hydrogens (tertiary/aromatic N) is 3. The van der Waals surface area contributed by atoms with Crippen LogP contribution in [0.5, 0.6) is 0 Å². The average Bonchev–Trinajstić information content (AvgIpc) is 3.40. The number of esters is 1. The molecule has 1 fully saturated rings. The third-order valence-electron chi connectivity index (χ3n) is 4.86. The highest BCUT2D eigenvalue weighted by atomic mass is 16.5. The zero-order chi connectivity index (χ0) is 20.1. The summed E-state index contributed by atoms with van der Waals surface area (Å²) >= 11 is 0. The van der Waals surface area contributed by atoms with Crippen molar-refractivity contribution in [2.45, 2.75) is 32.5 Å². The van der Waals surface area contributed by atoms with E-state index in [4.69, 9.17) is 4.74 Å².